The second kappa shape index (κ2) is 12.2. The number of benzene rings is 1. The minimum atomic E-state index is -5.08. The van der Waals surface area contributed by atoms with Crippen LogP contribution < -0.4 is 4.90 Å². The second-order valence-electron chi connectivity index (χ2n) is 10.4. The number of pyridine rings is 1. The molecule has 2 aromatic rings. The number of aryl methyl sites for hydroxylation is 1. The van der Waals surface area contributed by atoms with Crippen molar-refractivity contribution >= 4 is 23.6 Å². The Hall–Kier alpha value is -3.67. The van der Waals surface area contributed by atoms with E-state index < -0.39 is 17.6 Å². The number of nitrogens with zero attached hydrogens (tertiary/aromatic N) is 4. The molecule has 0 bridgehead atoms. The molecule has 2 amide bonds. The summed E-state index contributed by atoms with van der Waals surface area (Å²) in [5.41, 5.74) is 1.30. The summed E-state index contributed by atoms with van der Waals surface area (Å²) in [5, 5.41) is 7.12. The Bertz CT molecular complexity index is 1210. The number of ether oxygens (including phenoxy) is 1. The smallest absolute Gasteiger partial charge is 0.475 e. The van der Waals surface area contributed by atoms with Crippen molar-refractivity contribution in [2.75, 3.05) is 57.4 Å². The number of rotatable bonds is 3. The first-order valence-corrected chi connectivity index (χ1v) is 13.2. The number of halogens is 3. The number of alkyl halides is 3. The first kappa shape index (κ1) is 29.3. The molecule has 0 aliphatic carbocycles. The summed E-state index contributed by atoms with van der Waals surface area (Å²) in [4.78, 5) is 47.0. The highest BCUT2D eigenvalue weighted by Crippen LogP contribution is 2.45. The molecule has 1 aromatic carbocycles. The fourth-order valence-corrected chi connectivity index (χ4v) is 5.72. The number of carboxylic acids is 1. The molecule has 3 saturated heterocycles. The molecule has 3 aliphatic heterocycles. The molecule has 0 radical (unpaired) electrons. The molecule has 3 aliphatic rings. The van der Waals surface area contributed by atoms with E-state index >= 15 is 0 Å². The second-order valence-corrected chi connectivity index (χ2v) is 10.4. The number of amides is 2. The van der Waals surface area contributed by atoms with Gasteiger partial charge in [-0.05, 0) is 44.0 Å². The van der Waals surface area contributed by atoms with E-state index in [4.69, 9.17) is 14.6 Å². The number of likely N-dealkylation sites (tertiary alicyclic amines) is 1. The Balaban J connectivity index is 0.000000470. The number of morpholine rings is 1. The lowest BCUT2D eigenvalue weighted by atomic mass is 9.73. The van der Waals surface area contributed by atoms with Crippen molar-refractivity contribution in [3.8, 4) is 0 Å². The molecular formula is C28H33F3N4O5. The van der Waals surface area contributed by atoms with Crippen molar-refractivity contribution in [3.05, 3.63) is 59.8 Å². The summed E-state index contributed by atoms with van der Waals surface area (Å²) in [7, 11) is 0. The maximum absolute atomic E-state index is 14.0. The van der Waals surface area contributed by atoms with E-state index in [2.05, 4.69) is 9.88 Å². The van der Waals surface area contributed by atoms with E-state index in [1.165, 1.54) is 0 Å². The summed E-state index contributed by atoms with van der Waals surface area (Å²) in [6.07, 6.45) is -1.68. The molecule has 5 rings (SSSR count). The fourth-order valence-electron chi connectivity index (χ4n) is 5.72. The highest BCUT2D eigenvalue weighted by molar-refractivity contribution is 5.94. The van der Waals surface area contributed by atoms with Gasteiger partial charge in [-0.3, -0.25) is 9.59 Å². The molecule has 1 N–H and O–H groups in total. The SMILES string of the molecule is Cc1cccc(C(=O)N2CCC[C@]3(C(=O)N4CCOCC4)CN(c4ccccn4)C[C@@H]3C2)c1.O=C(O)C(F)(F)F. The van der Waals surface area contributed by atoms with E-state index in [0.717, 1.165) is 36.3 Å². The molecule has 1 aromatic heterocycles. The van der Waals surface area contributed by atoms with Gasteiger partial charge in [0.2, 0.25) is 5.91 Å². The van der Waals surface area contributed by atoms with Gasteiger partial charge in [-0.25, -0.2) is 9.78 Å². The van der Waals surface area contributed by atoms with Crippen LogP contribution in [0.1, 0.15) is 28.8 Å². The molecule has 0 saturated carbocycles. The third kappa shape index (κ3) is 6.55. The first-order valence-electron chi connectivity index (χ1n) is 13.2. The molecule has 40 heavy (non-hydrogen) atoms. The third-order valence-electron chi connectivity index (χ3n) is 7.68. The summed E-state index contributed by atoms with van der Waals surface area (Å²) < 4.78 is 37.2. The summed E-state index contributed by atoms with van der Waals surface area (Å²) >= 11 is 0. The number of aromatic nitrogens is 1. The molecule has 0 unspecified atom stereocenters. The molecule has 3 fully saturated rings. The maximum Gasteiger partial charge on any atom is 0.490 e. The van der Waals surface area contributed by atoms with Gasteiger partial charge in [0.25, 0.3) is 5.91 Å². The number of fused-ring (bicyclic) bond motifs is 1. The first-order chi connectivity index (χ1) is 19.0. The van der Waals surface area contributed by atoms with Crippen LogP contribution in [-0.4, -0.2) is 96.3 Å². The van der Waals surface area contributed by atoms with Crippen LogP contribution >= 0.6 is 0 Å². The van der Waals surface area contributed by atoms with Crippen molar-refractivity contribution in [1.29, 1.82) is 0 Å². The minimum Gasteiger partial charge on any atom is -0.475 e. The average Bonchev–Trinajstić information content (AvgIpc) is 3.21. The zero-order valence-corrected chi connectivity index (χ0v) is 22.3. The van der Waals surface area contributed by atoms with Crippen molar-refractivity contribution in [2.24, 2.45) is 11.3 Å². The van der Waals surface area contributed by atoms with Crippen LogP contribution in [0, 0.1) is 18.3 Å². The Morgan fingerprint density at radius 1 is 1.02 bits per heavy atom. The molecule has 216 valence electrons. The van der Waals surface area contributed by atoms with E-state index in [1.807, 2.05) is 59.2 Å². The number of hydrogen-bond donors (Lipinski definition) is 1. The van der Waals surface area contributed by atoms with Crippen LogP contribution in [0.25, 0.3) is 0 Å². The van der Waals surface area contributed by atoms with Gasteiger partial charge in [0.15, 0.2) is 0 Å². The van der Waals surface area contributed by atoms with Crippen LogP contribution in [0.4, 0.5) is 19.0 Å². The topological polar surface area (TPSA) is 103 Å². The van der Waals surface area contributed by atoms with Crippen molar-refractivity contribution in [3.63, 3.8) is 0 Å². The quantitative estimate of drug-likeness (QED) is 0.613. The van der Waals surface area contributed by atoms with Crippen LogP contribution in [0.15, 0.2) is 48.7 Å². The van der Waals surface area contributed by atoms with Crippen molar-refractivity contribution in [2.45, 2.75) is 25.9 Å². The van der Waals surface area contributed by atoms with Crippen molar-refractivity contribution < 1.29 is 37.4 Å². The molecular weight excluding hydrogens is 529 g/mol. The van der Waals surface area contributed by atoms with Gasteiger partial charge in [0.05, 0.1) is 18.6 Å². The number of hydrogen-bond acceptors (Lipinski definition) is 6. The van der Waals surface area contributed by atoms with Crippen LogP contribution in [-0.2, 0) is 14.3 Å². The molecule has 12 heteroatoms. The molecule has 9 nitrogen and oxygen atoms in total. The fraction of sp³-hybridized carbons (Fsp3) is 0.500. The van der Waals surface area contributed by atoms with E-state index in [-0.39, 0.29) is 17.7 Å². The zero-order chi connectivity index (χ0) is 28.9. The Kier molecular flexibility index (Phi) is 8.97. The van der Waals surface area contributed by atoms with Gasteiger partial charge >= 0.3 is 12.1 Å². The molecule has 0 spiro atoms. The van der Waals surface area contributed by atoms with Crippen LogP contribution in [0.3, 0.4) is 0 Å². The Morgan fingerprint density at radius 2 is 1.75 bits per heavy atom. The zero-order valence-electron chi connectivity index (χ0n) is 22.3. The maximum atomic E-state index is 14.0. The molecule has 4 heterocycles. The third-order valence-corrected chi connectivity index (χ3v) is 7.68. The Morgan fingerprint density at radius 3 is 2.38 bits per heavy atom. The summed E-state index contributed by atoms with van der Waals surface area (Å²) in [6, 6.07) is 13.7. The lowest BCUT2D eigenvalue weighted by molar-refractivity contribution is -0.192. The highest BCUT2D eigenvalue weighted by Gasteiger charge is 2.55. The van der Waals surface area contributed by atoms with Crippen LogP contribution in [0.5, 0.6) is 0 Å². The standard InChI is InChI=1S/C26H32N4O3.C2HF3O2/c1-20-6-4-7-21(16-20)24(31)29-11-5-9-26(25(32)28-12-14-33-15-13-28)19-30(18-22(26)17-29)23-8-2-3-10-27-23;3-2(4,5)1(6)7/h2-4,6-8,10,16,22H,5,9,11-15,17-19H2,1H3;(H,6,7)/t22-,26-;/m0./s1. The Labute approximate surface area is 230 Å². The van der Waals surface area contributed by atoms with E-state index in [0.29, 0.717) is 45.9 Å². The molecule has 2 atom stereocenters. The van der Waals surface area contributed by atoms with Crippen LogP contribution in [0.2, 0.25) is 0 Å². The largest absolute Gasteiger partial charge is 0.490 e. The van der Waals surface area contributed by atoms with Crippen molar-refractivity contribution in [1.82, 2.24) is 14.8 Å². The highest BCUT2D eigenvalue weighted by atomic mass is 19.4. The van der Waals surface area contributed by atoms with Gasteiger partial charge < -0.3 is 24.5 Å². The lowest BCUT2D eigenvalue weighted by Gasteiger charge is -2.38. The average molecular weight is 563 g/mol. The monoisotopic (exact) mass is 562 g/mol. The van der Waals surface area contributed by atoms with Gasteiger partial charge in [-0.1, -0.05) is 23.8 Å². The van der Waals surface area contributed by atoms with E-state index in [9.17, 15) is 22.8 Å². The summed E-state index contributed by atoms with van der Waals surface area (Å²) in [6.45, 7) is 7.13. The predicted molar refractivity (Wildman–Crippen MR) is 140 cm³/mol. The lowest BCUT2D eigenvalue weighted by Crippen LogP contribution is -2.53. The predicted octanol–water partition coefficient (Wildman–Crippen LogP) is 3.24. The van der Waals surface area contributed by atoms with Gasteiger partial charge in [-0.2, -0.15) is 13.2 Å². The number of aliphatic carboxylic acids is 1. The number of carbonyl (C=O) groups excluding carboxylic acids is 2. The normalized spacial score (nSPS) is 23.0. The van der Waals surface area contributed by atoms with Gasteiger partial charge in [-0.15, -0.1) is 0 Å². The summed E-state index contributed by atoms with van der Waals surface area (Å²) in [5.74, 6) is -1.52. The van der Waals surface area contributed by atoms with E-state index in [1.54, 1.807) is 6.20 Å². The number of carbonyl (C=O) groups is 3. The number of anilines is 1. The van der Waals surface area contributed by atoms with Gasteiger partial charge in [0, 0.05) is 56.9 Å². The van der Waals surface area contributed by atoms with Gasteiger partial charge in [0.1, 0.15) is 5.82 Å². The minimum absolute atomic E-state index is 0.0598. The number of carboxylic acid groups (broad SMARTS) is 1.